The highest BCUT2D eigenvalue weighted by Crippen LogP contribution is 2.35. The molecule has 2 aromatic rings. The molecular formula is C15H10N4O5. The molecule has 0 aliphatic carbocycles. The number of hydrogen-bond acceptors (Lipinski definition) is 5. The molecule has 0 unspecified atom stereocenters. The molecule has 9 heteroatoms. The molecule has 1 aliphatic heterocycles. The van der Waals surface area contributed by atoms with Crippen LogP contribution in [0.25, 0.3) is 0 Å². The zero-order valence-electron chi connectivity index (χ0n) is 12.0. The van der Waals surface area contributed by atoms with E-state index >= 15 is 0 Å². The third kappa shape index (κ3) is 2.77. The second-order valence-electron chi connectivity index (χ2n) is 4.90. The number of nitrogens with one attached hydrogen (secondary N) is 3. The summed E-state index contributed by atoms with van der Waals surface area (Å²) in [5, 5.41) is 18.2. The van der Waals surface area contributed by atoms with Crippen molar-refractivity contribution in [3.8, 4) is 0 Å². The molecule has 0 atom stereocenters. The van der Waals surface area contributed by atoms with Crippen LogP contribution < -0.4 is 16.0 Å². The molecule has 0 saturated heterocycles. The fourth-order valence-corrected chi connectivity index (χ4v) is 2.24. The number of fused-ring (bicyclic) bond motifs is 1. The van der Waals surface area contributed by atoms with Crippen molar-refractivity contribution in [2.45, 2.75) is 0 Å². The lowest BCUT2D eigenvalue weighted by molar-refractivity contribution is -0.384. The zero-order chi connectivity index (χ0) is 17.3. The molecule has 1 aliphatic rings. The molecule has 9 nitrogen and oxygen atoms in total. The maximum atomic E-state index is 12.0. The molecule has 0 bridgehead atoms. The lowest BCUT2D eigenvalue weighted by Crippen LogP contribution is -2.20. The van der Waals surface area contributed by atoms with Gasteiger partial charge in [-0.25, -0.2) is 4.79 Å². The number of benzene rings is 2. The van der Waals surface area contributed by atoms with Crippen molar-refractivity contribution in [2.75, 3.05) is 16.0 Å². The predicted molar refractivity (Wildman–Crippen MR) is 85.1 cm³/mol. The third-order valence-electron chi connectivity index (χ3n) is 3.30. The number of non-ortho nitro benzene ring substituents is 1. The molecule has 0 spiro atoms. The Hall–Kier alpha value is -3.75. The van der Waals surface area contributed by atoms with E-state index in [1.165, 1.54) is 0 Å². The normalized spacial score (nSPS) is 12.3. The second kappa shape index (κ2) is 5.80. The number of carbonyl (C=O) groups excluding carboxylic acids is 3. The molecule has 0 saturated carbocycles. The molecule has 0 aromatic heterocycles. The molecule has 24 heavy (non-hydrogen) atoms. The van der Waals surface area contributed by atoms with E-state index in [4.69, 9.17) is 0 Å². The zero-order valence-corrected chi connectivity index (χ0v) is 12.0. The Morgan fingerprint density at radius 3 is 2.46 bits per heavy atom. The van der Waals surface area contributed by atoms with Crippen LogP contribution in [0, 0.1) is 10.1 Å². The van der Waals surface area contributed by atoms with Gasteiger partial charge in [0, 0.05) is 17.8 Å². The summed E-state index contributed by atoms with van der Waals surface area (Å²) in [5.74, 6) is -1.79. The van der Waals surface area contributed by atoms with Gasteiger partial charge in [-0.2, -0.15) is 0 Å². The van der Waals surface area contributed by atoms with Crippen LogP contribution in [-0.2, 0) is 4.79 Å². The van der Waals surface area contributed by atoms with Gasteiger partial charge in [0.25, 0.3) is 17.4 Å². The number of amides is 3. The minimum Gasteiger partial charge on any atom is -0.317 e. The number of anilines is 3. The van der Waals surface area contributed by atoms with Gasteiger partial charge in [-0.15, -0.1) is 0 Å². The van der Waals surface area contributed by atoms with Gasteiger partial charge in [-0.3, -0.25) is 19.7 Å². The number of Topliss-reactive ketones (excluding diaryl/α,β-unsaturated/α-hetero) is 1. The quantitative estimate of drug-likeness (QED) is 0.453. The van der Waals surface area contributed by atoms with E-state index in [1.807, 2.05) is 0 Å². The van der Waals surface area contributed by atoms with Crippen molar-refractivity contribution in [1.82, 2.24) is 0 Å². The van der Waals surface area contributed by atoms with Gasteiger partial charge in [-0.1, -0.05) is 18.2 Å². The van der Waals surface area contributed by atoms with Gasteiger partial charge in [0.1, 0.15) is 0 Å². The standard InChI is InChI=1S/C15H10N4O5/c20-13-10-6-9(19(23)24)7-11(12(10)18-14(13)21)17-15(22)16-8-4-2-1-3-5-8/h1-7H,(H2,16,17,22)(H,18,20,21). The fraction of sp³-hybridized carbons (Fsp3) is 0. The predicted octanol–water partition coefficient (Wildman–Crippen LogP) is 2.37. The largest absolute Gasteiger partial charge is 0.323 e. The van der Waals surface area contributed by atoms with Crippen LogP contribution in [-0.4, -0.2) is 22.6 Å². The van der Waals surface area contributed by atoms with Gasteiger partial charge < -0.3 is 16.0 Å². The SMILES string of the molecule is O=C(Nc1ccccc1)Nc1cc([N+](=O)[O-])cc2c1NC(=O)C2=O. The minimum atomic E-state index is -0.906. The smallest absolute Gasteiger partial charge is 0.317 e. The molecule has 3 amide bonds. The monoisotopic (exact) mass is 326 g/mol. The van der Waals surface area contributed by atoms with Crippen molar-refractivity contribution in [3.05, 3.63) is 58.1 Å². The molecule has 0 fully saturated rings. The van der Waals surface area contributed by atoms with E-state index in [-0.39, 0.29) is 16.9 Å². The Morgan fingerprint density at radius 2 is 1.79 bits per heavy atom. The van der Waals surface area contributed by atoms with Crippen molar-refractivity contribution in [3.63, 3.8) is 0 Å². The first kappa shape index (κ1) is 15.2. The van der Waals surface area contributed by atoms with Crippen LogP contribution in [0.4, 0.5) is 27.5 Å². The van der Waals surface area contributed by atoms with E-state index < -0.39 is 28.3 Å². The van der Waals surface area contributed by atoms with Crippen molar-refractivity contribution < 1.29 is 19.3 Å². The number of para-hydroxylation sites is 1. The van der Waals surface area contributed by atoms with Crippen LogP contribution in [0.2, 0.25) is 0 Å². The molecule has 3 rings (SSSR count). The van der Waals surface area contributed by atoms with E-state index in [0.29, 0.717) is 5.69 Å². The van der Waals surface area contributed by atoms with Crippen LogP contribution in [0.15, 0.2) is 42.5 Å². The lowest BCUT2D eigenvalue weighted by atomic mass is 10.1. The average Bonchev–Trinajstić information content (AvgIpc) is 2.84. The summed E-state index contributed by atoms with van der Waals surface area (Å²) >= 11 is 0. The first-order chi connectivity index (χ1) is 11.5. The summed E-state index contributed by atoms with van der Waals surface area (Å²) in [5.41, 5.74) is -0.0411. The van der Waals surface area contributed by atoms with E-state index in [2.05, 4.69) is 16.0 Å². The maximum absolute atomic E-state index is 12.0. The van der Waals surface area contributed by atoms with Crippen LogP contribution in [0.1, 0.15) is 10.4 Å². The summed E-state index contributed by atoms with van der Waals surface area (Å²) in [6, 6.07) is 9.93. The highest BCUT2D eigenvalue weighted by atomic mass is 16.6. The summed E-state index contributed by atoms with van der Waals surface area (Å²) in [7, 11) is 0. The molecule has 1 heterocycles. The molecule has 2 aromatic carbocycles. The van der Waals surface area contributed by atoms with Crippen LogP contribution >= 0.6 is 0 Å². The van der Waals surface area contributed by atoms with Gasteiger partial charge >= 0.3 is 6.03 Å². The summed E-state index contributed by atoms with van der Waals surface area (Å²) in [6.07, 6.45) is 0. The molecule has 0 radical (unpaired) electrons. The topological polar surface area (TPSA) is 130 Å². The Bertz CT molecular complexity index is 879. The number of carbonyl (C=O) groups is 3. The Labute approximate surface area is 134 Å². The van der Waals surface area contributed by atoms with Crippen LogP contribution in [0.3, 0.4) is 0 Å². The first-order valence-electron chi connectivity index (χ1n) is 6.77. The van der Waals surface area contributed by atoms with E-state index in [9.17, 15) is 24.5 Å². The van der Waals surface area contributed by atoms with Crippen molar-refractivity contribution in [1.29, 1.82) is 0 Å². The highest BCUT2D eigenvalue weighted by Gasteiger charge is 2.33. The number of nitrogens with zero attached hydrogens (tertiary/aromatic N) is 1. The number of nitro benzene ring substituents is 1. The molecule has 3 N–H and O–H groups in total. The summed E-state index contributed by atoms with van der Waals surface area (Å²) in [4.78, 5) is 45.5. The Balaban J connectivity index is 1.92. The van der Waals surface area contributed by atoms with Crippen molar-refractivity contribution >= 4 is 40.5 Å². The Kier molecular flexibility index (Phi) is 3.66. The summed E-state index contributed by atoms with van der Waals surface area (Å²) < 4.78 is 0. The number of rotatable bonds is 3. The van der Waals surface area contributed by atoms with Gasteiger partial charge in [0.15, 0.2) is 0 Å². The molecule has 120 valence electrons. The Morgan fingerprint density at radius 1 is 1.08 bits per heavy atom. The maximum Gasteiger partial charge on any atom is 0.323 e. The number of nitro groups is 1. The van der Waals surface area contributed by atoms with Gasteiger partial charge in [-0.05, 0) is 12.1 Å². The number of urea groups is 1. The summed E-state index contributed by atoms with van der Waals surface area (Å²) in [6.45, 7) is 0. The van der Waals surface area contributed by atoms with Crippen LogP contribution in [0.5, 0.6) is 0 Å². The average molecular weight is 326 g/mol. The number of hydrogen-bond donors (Lipinski definition) is 3. The van der Waals surface area contributed by atoms with Crippen molar-refractivity contribution in [2.24, 2.45) is 0 Å². The second-order valence-corrected chi connectivity index (χ2v) is 4.90. The van der Waals surface area contributed by atoms with E-state index in [0.717, 1.165) is 12.1 Å². The highest BCUT2D eigenvalue weighted by molar-refractivity contribution is 6.52. The van der Waals surface area contributed by atoms with E-state index in [1.54, 1.807) is 30.3 Å². The molecular weight excluding hydrogens is 316 g/mol. The van der Waals surface area contributed by atoms with Gasteiger partial charge in [0.05, 0.1) is 21.9 Å². The lowest BCUT2D eigenvalue weighted by Gasteiger charge is -2.10. The third-order valence-corrected chi connectivity index (χ3v) is 3.30. The van der Waals surface area contributed by atoms with Gasteiger partial charge in [0.2, 0.25) is 0 Å². The minimum absolute atomic E-state index is 0.0353. The first-order valence-corrected chi connectivity index (χ1v) is 6.77. The number of ketones is 1. The fourth-order valence-electron chi connectivity index (χ4n) is 2.24.